The number of halogens is 4. The van der Waals surface area contributed by atoms with Gasteiger partial charge in [-0.1, -0.05) is 12.1 Å². The summed E-state index contributed by atoms with van der Waals surface area (Å²) in [6, 6.07) is 10.9. The fraction of sp³-hybridized carbons (Fsp3) is 0.200. The van der Waals surface area contributed by atoms with E-state index >= 15 is 0 Å². The van der Waals surface area contributed by atoms with Crippen molar-refractivity contribution < 1.29 is 37.0 Å². The van der Waals surface area contributed by atoms with Gasteiger partial charge in [0, 0.05) is 23.2 Å². The summed E-state index contributed by atoms with van der Waals surface area (Å²) in [5.41, 5.74) is 2.15. The molecule has 198 valence electrons. The molecule has 0 aliphatic carbocycles. The van der Waals surface area contributed by atoms with Gasteiger partial charge in [-0.05, 0) is 55.8 Å². The molecule has 4 rings (SSSR count). The Hall–Kier alpha value is -4.52. The number of hydrogen-bond donors (Lipinski definition) is 3. The first kappa shape index (κ1) is 26.5. The number of imidazole rings is 1. The Labute approximate surface area is 213 Å². The predicted molar refractivity (Wildman–Crippen MR) is 128 cm³/mol. The van der Waals surface area contributed by atoms with E-state index < -0.39 is 35.8 Å². The zero-order valence-electron chi connectivity index (χ0n) is 20.0. The van der Waals surface area contributed by atoms with Crippen molar-refractivity contribution in [1.29, 1.82) is 0 Å². The van der Waals surface area contributed by atoms with Crippen LogP contribution in [0.4, 0.5) is 23.4 Å². The first-order valence-corrected chi connectivity index (χ1v) is 11.2. The summed E-state index contributed by atoms with van der Waals surface area (Å²) < 4.78 is 56.8. The van der Waals surface area contributed by atoms with E-state index in [1.165, 1.54) is 17.6 Å². The van der Waals surface area contributed by atoms with Crippen LogP contribution >= 0.6 is 0 Å². The van der Waals surface area contributed by atoms with Crippen molar-refractivity contribution in [3.8, 4) is 17.0 Å². The Balaban J connectivity index is 1.53. The maximum Gasteiger partial charge on any atom is 0.573 e. The molecule has 4 aromatic rings. The number of rotatable bonds is 7. The quantitative estimate of drug-likeness (QED) is 0.311. The van der Waals surface area contributed by atoms with Crippen molar-refractivity contribution in [1.82, 2.24) is 19.9 Å². The van der Waals surface area contributed by atoms with Crippen molar-refractivity contribution in [2.24, 2.45) is 0 Å². The molecule has 2 amide bonds. The zero-order valence-corrected chi connectivity index (χ0v) is 20.0. The number of aromatic nitrogens is 3. The molecule has 2 heterocycles. The van der Waals surface area contributed by atoms with Crippen molar-refractivity contribution in [2.75, 3.05) is 5.32 Å². The molecule has 2 aromatic heterocycles. The molecule has 13 heteroatoms. The molecule has 1 unspecified atom stereocenters. The van der Waals surface area contributed by atoms with Gasteiger partial charge in [-0.2, -0.15) is 5.10 Å². The molecule has 1 atom stereocenters. The third-order valence-corrected chi connectivity index (χ3v) is 5.42. The normalized spacial score (nSPS) is 12.3. The summed E-state index contributed by atoms with van der Waals surface area (Å²) in [6.45, 7) is 2.65. The summed E-state index contributed by atoms with van der Waals surface area (Å²) in [5, 5.41) is 18.8. The molecule has 0 aliphatic rings. The van der Waals surface area contributed by atoms with E-state index in [1.54, 1.807) is 37.3 Å². The van der Waals surface area contributed by atoms with E-state index in [0.717, 1.165) is 18.2 Å². The van der Waals surface area contributed by atoms with Gasteiger partial charge >= 0.3 is 6.36 Å². The number of nitrogens with one attached hydrogen (secondary N) is 2. The summed E-state index contributed by atoms with van der Waals surface area (Å²) >= 11 is 0. The third-order valence-electron chi connectivity index (χ3n) is 5.42. The topological polar surface area (TPSA) is 118 Å². The van der Waals surface area contributed by atoms with Crippen molar-refractivity contribution in [3.63, 3.8) is 0 Å². The number of anilines is 1. The van der Waals surface area contributed by atoms with Gasteiger partial charge in [-0.15, -0.1) is 13.2 Å². The fourth-order valence-corrected chi connectivity index (χ4v) is 3.51. The molecule has 2 aromatic carbocycles. The molecular formula is C25H21F4N5O4. The van der Waals surface area contributed by atoms with Gasteiger partial charge in [-0.25, -0.2) is 13.9 Å². The summed E-state index contributed by atoms with van der Waals surface area (Å²) in [4.78, 5) is 28.8. The Morgan fingerprint density at radius 1 is 1.13 bits per heavy atom. The Bertz CT molecular complexity index is 1520. The number of alkyl halides is 3. The summed E-state index contributed by atoms with van der Waals surface area (Å²) in [7, 11) is 0. The molecule has 38 heavy (non-hydrogen) atoms. The average Bonchev–Trinajstić information content (AvgIpc) is 3.25. The van der Waals surface area contributed by atoms with E-state index in [9.17, 15) is 32.3 Å². The van der Waals surface area contributed by atoms with Crippen LogP contribution in [0.5, 0.6) is 5.75 Å². The number of hydrogen-bond acceptors (Lipinski definition) is 6. The van der Waals surface area contributed by atoms with Crippen LogP contribution < -0.4 is 15.4 Å². The lowest BCUT2D eigenvalue weighted by Gasteiger charge is -2.12. The van der Waals surface area contributed by atoms with Crippen LogP contribution in [0.15, 0.2) is 54.7 Å². The SMILES string of the molecule is Cc1ccc(-c2ccc3nc(NC(=O)C(C)O)cn3n2)cc1C(=O)NCc1cc(OC(F)(F)F)ccc1F. The Morgan fingerprint density at radius 3 is 2.61 bits per heavy atom. The number of carbonyl (C=O) groups excluding carboxylic acids is 2. The van der Waals surface area contributed by atoms with E-state index in [1.807, 2.05) is 0 Å². The van der Waals surface area contributed by atoms with Gasteiger partial charge in [0.25, 0.3) is 11.8 Å². The van der Waals surface area contributed by atoms with Gasteiger partial charge in [0.05, 0.1) is 11.9 Å². The third kappa shape index (κ3) is 6.24. The minimum absolute atomic E-state index is 0.181. The Morgan fingerprint density at radius 2 is 1.89 bits per heavy atom. The Kier molecular flexibility index (Phi) is 7.30. The smallest absolute Gasteiger partial charge is 0.406 e. The highest BCUT2D eigenvalue weighted by atomic mass is 19.4. The maximum absolute atomic E-state index is 14.1. The lowest BCUT2D eigenvalue weighted by Crippen LogP contribution is -2.24. The number of carbonyl (C=O) groups is 2. The second-order valence-electron chi connectivity index (χ2n) is 8.33. The minimum Gasteiger partial charge on any atom is -0.406 e. The highest BCUT2D eigenvalue weighted by Crippen LogP contribution is 2.25. The molecule has 0 radical (unpaired) electrons. The van der Waals surface area contributed by atoms with Gasteiger partial charge in [0.1, 0.15) is 17.7 Å². The highest BCUT2D eigenvalue weighted by Gasteiger charge is 2.31. The zero-order chi connectivity index (χ0) is 27.6. The van der Waals surface area contributed by atoms with Crippen LogP contribution in [0.3, 0.4) is 0 Å². The van der Waals surface area contributed by atoms with Crippen LogP contribution in [0.25, 0.3) is 16.9 Å². The standard InChI is InChI=1S/C25H21F4N5O4/c1-13-3-4-15(20-7-8-22-31-21(12-34(22)33-20)32-23(36)14(2)35)10-18(13)24(37)30-11-16-9-17(5-6-19(16)26)38-25(27,28)29/h3-10,12,14,35H,11H2,1-2H3,(H,30,37)(H,32,36). The van der Waals surface area contributed by atoms with Crippen LogP contribution in [-0.2, 0) is 11.3 Å². The first-order chi connectivity index (χ1) is 17.9. The molecular weight excluding hydrogens is 510 g/mol. The van der Waals surface area contributed by atoms with E-state index in [2.05, 4.69) is 25.5 Å². The van der Waals surface area contributed by atoms with Crippen LogP contribution in [0, 0.1) is 12.7 Å². The molecule has 3 N–H and O–H groups in total. The number of fused-ring (bicyclic) bond motifs is 1. The predicted octanol–water partition coefficient (Wildman–Crippen LogP) is 3.99. The summed E-state index contributed by atoms with van der Waals surface area (Å²) in [6.07, 6.45) is -4.68. The van der Waals surface area contributed by atoms with Crippen LogP contribution in [0.2, 0.25) is 0 Å². The van der Waals surface area contributed by atoms with Gasteiger partial charge in [-0.3, -0.25) is 9.59 Å². The highest BCUT2D eigenvalue weighted by molar-refractivity contribution is 5.97. The molecule has 0 spiro atoms. The van der Waals surface area contributed by atoms with Gasteiger partial charge in [0.15, 0.2) is 11.5 Å². The van der Waals surface area contributed by atoms with Gasteiger partial charge in [0.2, 0.25) is 0 Å². The number of amides is 2. The maximum atomic E-state index is 14.1. The van der Waals surface area contributed by atoms with Crippen LogP contribution in [-0.4, -0.2) is 44.0 Å². The van der Waals surface area contributed by atoms with E-state index in [0.29, 0.717) is 22.5 Å². The molecule has 0 bridgehead atoms. The number of ether oxygens (including phenoxy) is 1. The number of benzene rings is 2. The molecule has 0 aliphatic heterocycles. The van der Waals surface area contributed by atoms with E-state index in [4.69, 9.17) is 0 Å². The number of aryl methyl sites for hydroxylation is 1. The van der Waals surface area contributed by atoms with Crippen molar-refractivity contribution in [2.45, 2.75) is 32.9 Å². The molecule has 0 saturated carbocycles. The molecule has 0 fully saturated rings. The van der Waals surface area contributed by atoms with Crippen LogP contribution in [0.1, 0.15) is 28.4 Å². The lowest BCUT2D eigenvalue weighted by molar-refractivity contribution is -0.274. The second kappa shape index (κ2) is 10.5. The number of aliphatic hydroxyl groups is 1. The molecule has 9 nitrogen and oxygen atoms in total. The second-order valence-corrected chi connectivity index (χ2v) is 8.33. The van der Waals surface area contributed by atoms with Crippen molar-refractivity contribution in [3.05, 3.63) is 77.2 Å². The fourth-order valence-electron chi connectivity index (χ4n) is 3.51. The number of nitrogens with zero attached hydrogens (tertiary/aromatic N) is 3. The lowest BCUT2D eigenvalue weighted by atomic mass is 10.0. The number of aliphatic hydroxyl groups excluding tert-OH is 1. The van der Waals surface area contributed by atoms with Crippen molar-refractivity contribution >= 4 is 23.3 Å². The average molecular weight is 531 g/mol. The minimum atomic E-state index is -4.93. The molecule has 0 saturated heterocycles. The van der Waals surface area contributed by atoms with E-state index in [-0.39, 0.29) is 23.5 Å². The first-order valence-electron chi connectivity index (χ1n) is 11.2. The largest absolute Gasteiger partial charge is 0.573 e. The monoisotopic (exact) mass is 531 g/mol. The summed E-state index contributed by atoms with van der Waals surface area (Å²) in [5.74, 6) is -2.40. The van der Waals surface area contributed by atoms with Gasteiger partial charge < -0.3 is 20.5 Å².